The van der Waals surface area contributed by atoms with Crippen LogP contribution < -0.4 is 11.1 Å². The lowest BCUT2D eigenvalue weighted by Crippen LogP contribution is -2.45. The van der Waals surface area contributed by atoms with Gasteiger partial charge < -0.3 is 20.6 Å². The maximum atomic E-state index is 9.63. The molecule has 4 nitrogen and oxygen atoms in total. The van der Waals surface area contributed by atoms with Gasteiger partial charge in [0.05, 0.1) is 18.0 Å². The zero-order valence-electron chi connectivity index (χ0n) is 6.82. The highest BCUT2D eigenvalue weighted by molar-refractivity contribution is 5.51. The predicted octanol–water partition coefficient (Wildman–Crippen LogP) is 0.454. The van der Waals surface area contributed by atoms with E-state index in [9.17, 15) is 5.11 Å². The number of hydrogen-bond donors (Lipinski definition) is 3. The van der Waals surface area contributed by atoms with Crippen LogP contribution in [0.2, 0.25) is 0 Å². The van der Waals surface area contributed by atoms with Gasteiger partial charge in [0.25, 0.3) is 0 Å². The van der Waals surface area contributed by atoms with E-state index in [0.717, 1.165) is 5.69 Å². The number of anilines is 1. The molecule has 12 heavy (non-hydrogen) atoms. The molecule has 0 amide bonds. The standard InChI is InChI=1S/C8H12N2O2/c1-4-6(9)7(11)8-5(10-4)2-3-12-8/h2-4,6-7,10-11H,9H2,1H3. The number of nitrogens with one attached hydrogen (secondary N) is 1. The Kier molecular flexibility index (Phi) is 1.59. The van der Waals surface area contributed by atoms with Crippen LogP contribution in [0.3, 0.4) is 0 Å². The molecule has 1 aliphatic rings. The van der Waals surface area contributed by atoms with Crippen LogP contribution in [-0.2, 0) is 0 Å². The SMILES string of the molecule is CC1Nc2ccoc2C(O)C1N. The van der Waals surface area contributed by atoms with Crippen LogP contribution in [0.5, 0.6) is 0 Å². The Morgan fingerprint density at radius 1 is 1.67 bits per heavy atom. The van der Waals surface area contributed by atoms with Crippen LogP contribution in [0.25, 0.3) is 0 Å². The van der Waals surface area contributed by atoms with Gasteiger partial charge in [-0.2, -0.15) is 0 Å². The summed E-state index contributed by atoms with van der Waals surface area (Å²) >= 11 is 0. The van der Waals surface area contributed by atoms with Crippen molar-refractivity contribution in [2.24, 2.45) is 5.73 Å². The zero-order valence-corrected chi connectivity index (χ0v) is 6.82. The molecule has 0 spiro atoms. The molecule has 1 aromatic rings. The molecule has 3 atom stereocenters. The summed E-state index contributed by atoms with van der Waals surface area (Å²) in [4.78, 5) is 0. The predicted molar refractivity (Wildman–Crippen MR) is 44.7 cm³/mol. The maximum absolute atomic E-state index is 9.63. The summed E-state index contributed by atoms with van der Waals surface area (Å²) in [6.07, 6.45) is 0.859. The fourth-order valence-electron chi connectivity index (χ4n) is 1.46. The Balaban J connectivity index is 2.39. The highest BCUT2D eigenvalue weighted by Crippen LogP contribution is 2.32. The topological polar surface area (TPSA) is 71.4 Å². The third kappa shape index (κ3) is 0.922. The van der Waals surface area contributed by atoms with Crippen molar-refractivity contribution in [3.8, 4) is 0 Å². The van der Waals surface area contributed by atoms with Crippen molar-refractivity contribution in [2.45, 2.75) is 25.1 Å². The van der Waals surface area contributed by atoms with E-state index < -0.39 is 6.10 Å². The van der Waals surface area contributed by atoms with E-state index in [0.29, 0.717) is 5.76 Å². The Bertz CT molecular complexity index is 284. The minimum atomic E-state index is -0.689. The van der Waals surface area contributed by atoms with Crippen molar-refractivity contribution in [1.82, 2.24) is 0 Å². The van der Waals surface area contributed by atoms with Gasteiger partial charge in [-0.1, -0.05) is 0 Å². The van der Waals surface area contributed by atoms with Crippen molar-refractivity contribution < 1.29 is 9.52 Å². The molecule has 0 fully saturated rings. The Morgan fingerprint density at radius 3 is 3.17 bits per heavy atom. The molecule has 0 aromatic carbocycles. The molecular weight excluding hydrogens is 156 g/mol. The van der Waals surface area contributed by atoms with Crippen molar-refractivity contribution in [3.05, 3.63) is 18.1 Å². The van der Waals surface area contributed by atoms with E-state index in [1.807, 2.05) is 6.92 Å². The summed E-state index contributed by atoms with van der Waals surface area (Å²) in [6, 6.07) is 1.56. The van der Waals surface area contributed by atoms with E-state index in [4.69, 9.17) is 10.2 Å². The summed E-state index contributed by atoms with van der Waals surface area (Å²) < 4.78 is 5.09. The lowest BCUT2D eigenvalue weighted by atomic mass is 9.98. The second-order valence-corrected chi connectivity index (χ2v) is 3.15. The second-order valence-electron chi connectivity index (χ2n) is 3.15. The maximum Gasteiger partial charge on any atom is 0.156 e. The molecule has 2 heterocycles. The Morgan fingerprint density at radius 2 is 2.42 bits per heavy atom. The van der Waals surface area contributed by atoms with Gasteiger partial charge in [-0.05, 0) is 13.0 Å². The van der Waals surface area contributed by atoms with Gasteiger partial charge in [-0.25, -0.2) is 0 Å². The number of hydrogen-bond acceptors (Lipinski definition) is 4. The molecule has 4 heteroatoms. The highest BCUT2D eigenvalue weighted by Gasteiger charge is 2.32. The van der Waals surface area contributed by atoms with Crippen LogP contribution in [0.1, 0.15) is 18.8 Å². The van der Waals surface area contributed by atoms with E-state index in [1.165, 1.54) is 0 Å². The number of fused-ring (bicyclic) bond motifs is 1. The van der Waals surface area contributed by atoms with E-state index in [2.05, 4.69) is 5.32 Å². The minimum Gasteiger partial charge on any atom is -0.464 e. The average Bonchev–Trinajstić information content (AvgIpc) is 2.48. The summed E-state index contributed by atoms with van der Waals surface area (Å²) in [5.41, 5.74) is 6.57. The van der Waals surface area contributed by atoms with Crippen LogP contribution in [-0.4, -0.2) is 17.2 Å². The molecule has 0 aliphatic carbocycles. The first-order chi connectivity index (χ1) is 5.70. The van der Waals surface area contributed by atoms with Gasteiger partial charge >= 0.3 is 0 Å². The summed E-state index contributed by atoms with van der Waals surface area (Å²) in [5, 5.41) is 12.8. The largest absolute Gasteiger partial charge is 0.464 e. The quantitative estimate of drug-likeness (QED) is 0.526. The van der Waals surface area contributed by atoms with E-state index in [-0.39, 0.29) is 12.1 Å². The molecular formula is C8H12N2O2. The Hall–Kier alpha value is -1.00. The molecule has 0 saturated carbocycles. The minimum absolute atomic E-state index is 0.0742. The fourth-order valence-corrected chi connectivity index (χ4v) is 1.46. The summed E-state index contributed by atoms with van der Waals surface area (Å²) in [5.74, 6) is 0.542. The lowest BCUT2D eigenvalue weighted by Gasteiger charge is -2.30. The third-order valence-electron chi connectivity index (χ3n) is 2.29. The normalized spacial score (nSPS) is 34.1. The summed E-state index contributed by atoms with van der Waals surface area (Å²) in [6.45, 7) is 1.93. The molecule has 0 saturated heterocycles. The van der Waals surface area contributed by atoms with Gasteiger partial charge in [-0.3, -0.25) is 0 Å². The zero-order chi connectivity index (χ0) is 8.72. The molecule has 1 aromatic heterocycles. The van der Waals surface area contributed by atoms with Crippen LogP contribution in [0, 0.1) is 0 Å². The number of aliphatic hydroxyl groups is 1. The number of aliphatic hydroxyl groups excluding tert-OH is 1. The van der Waals surface area contributed by atoms with Gasteiger partial charge in [0.2, 0.25) is 0 Å². The number of nitrogens with two attached hydrogens (primary N) is 1. The molecule has 66 valence electrons. The van der Waals surface area contributed by atoms with Crippen LogP contribution >= 0.6 is 0 Å². The number of furan rings is 1. The lowest BCUT2D eigenvalue weighted by molar-refractivity contribution is 0.110. The van der Waals surface area contributed by atoms with Crippen LogP contribution in [0.4, 0.5) is 5.69 Å². The Labute approximate surface area is 70.4 Å². The summed E-state index contributed by atoms with van der Waals surface area (Å²) in [7, 11) is 0. The molecule has 0 bridgehead atoms. The molecule has 3 unspecified atom stereocenters. The molecule has 4 N–H and O–H groups in total. The highest BCUT2D eigenvalue weighted by atomic mass is 16.4. The van der Waals surface area contributed by atoms with Crippen molar-refractivity contribution in [3.63, 3.8) is 0 Å². The van der Waals surface area contributed by atoms with Gasteiger partial charge in [0.1, 0.15) is 6.10 Å². The smallest absolute Gasteiger partial charge is 0.156 e. The van der Waals surface area contributed by atoms with E-state index >= 15 is 0 Å². The average molecular weight is 168 g/mol. The van der Waals surface area contributed by atoms with E-state index in [1.54, 1.807) is 12.3 Å². The van der Waals surface area contributed by atoms with Gasteiger partial charge in [0, 0.05) is 6.04 Å². The first-order valence-corrected chi connectivity index (χ1v) is 3.97. The molecule has 0 radical (unpaired) electrons. The van der Waals surface area contributed by atoms with Crippen molar-refractivity contribution in [1.29, 1.82) is 0 Å². The third-order valence-corrected chi connectivity index (χ3v) is 2.29. The van der Waals surface area contributed by atoms with Gasteiger partial charge in [-0.15, -0.1) is 0 Å². The molecule has 1 aliphatic heterocycles. The monoisotopic (exact) mass is 168 g/mol. The second kappa shape index (κ2) is 2.50. The fraction of sp³-hybridized carbons (Fsp3) is 0.500. The first-order valence-electron chi connectivity index (χ1n) is 3.97. The van der Waals surface area contributed by atoms with Crippen molar-refractivity contribution in [2.75, 3.05) is 5.32 Å². The van der Waals surface area contributed by atoms with Gasteiger partial charge in [0.15, 0.2) is 5.76 Å². The van der Waals surface area contributed by atoms with Crippen LogP contribution in [0.15, 0.2) is 16.7 Å². The number of rotatable bonds is 0. The molecule has 2 rings (SSSR count). The van der Waals surface area contributed by atoms with Crippen molar-refractivity contribution >= 4 is 5.69 Å². The first kappa shape index (κ1) is 7.64.